The Balaban J connectivity index is 0.000000268. The summed E-state index contributed by atoms with van der Waals surface area (Å²) >= 11 is 1.02. The predicted molar refractivity (Wildman–Crippen MR) is 171 cm³/mol. The highest BCUT2D eigenvalue weighted by molar-refractivity contribution is 7.16. The predicted octanol–water partition coefficient (Wildman–Crippen LogP) is 4.07. The molecule has 0 amide bonds. The average molecular weight is 685 g/mol. The van der Waals surface area contributed by atoms with Crippen molar-refractivity contribution in [1.29, 1.82) is 0 Å². The normalized spacial score (nSPS) is 27.6. The molecule has 15 nitrogen and oxygen atoms in total. The number of esters is 3. The Hall–Kier alpha value is -3.18. The number of rotatable bonds is 10. The van der Waals surface area contributed by atoms with Crippen LogP contribution >= 0.6 is 11.3 Å². The van der Waals surface area contributed by atoms with Gasteiger partial charge in [-0.3, -0.25) is 23.7 Å². The van der Waals surface area contributed by atoms with Gasteiger partial charge in [-0.1, -0.05) is 39.0 Å². The number of fused-ring (bicyclic) bond motifs is 1. The van der Waals surface area contributed by atoms with Crippen LogP contribution in [0.15, 0.2) is 11.0 Å². The summed E-state index contributed by atoms with van der Waals surface area (Å²) in [7, 11) is 0. The van der Waals surface area contributed by atoms with Gasteiger partial charge in [-0.05, 0) is 12.8 Å². The first-order valence-electron chi connectivity index (χ1n) is 15.7. The van der Waals surface area contributed by atoms with Crippen molar-refractivity contribution in [3.05, 3.63) is 15.9 Å². The van der Waals surface area contributed by atoms with E-state index < -0.39 is 54.2 Å². The van der Waals surface area contributed by atoms with Gasteiger partial charge in [0.25, 0.3) is 0 Å². The third kappa shape index (κ3) is 9.69. The Morgan fingerprint density at radius 2 is 1.40 bits per heavy atom. The summed E-state index contributed by atoms with van der Waals surface area (Å²) in [5.41, 5.74) is 6.12. The molecule has 0 radical (unpaired) electrons. The van der Waals surface area contributed by atoms with E-state index in [9.17, 15) is 19.2 Å². The van der Waals surface area contributed by atoms with E-state index in [4.69, 9.17) is 38.9 Å². The number of anilines is 1. The van der Waals surface area contributed by atoms with E-state index in [1.807, 2.05) is 27.7 Å². The van der Waals surface area contributed by atoms with Gasteiger partial charge in [-0.25, -0.2) is 4.98 Å². The first kappa shape index (κ1) is 38.3. The molecule has 0 saturated carbocycles. The van der Waals surface area contributed by atoms with Crippen LogP contribution in [0.1, 0.15) is 95.2 Å². The molecule has 2 aliphatic rings. The van der Waals surface area contributed by atoms with Gasteiger partial charge < -0.3 is 38.9 Å². The Kier molecular flexibility index (Phi) is 12.5. The van der Waals surface area contributed by atoms with Crippen LogP contribution in [-0.4, -0.2) is 74.7 Å². The molecule has 8 atom stereocenters. The van der Waals surface area contributed by atoms with Gasteiger partial charge in [-0.2, -0.15) is 4.98 Å². The number of hydrogen-bond donors (Lipinski definition) is 1. The summed E-state index contributed by atoms with van der Waals surface area (Å²) in [6, 6.07) is 0. The highest BCUT2D eigenvalue weighted by Gasteiger charge is 2.48. The minimum Gasteiger partial charge on any atom is -0.434 e. The Bertz CT molecular complexity index is 1470. The van der Waals surface area contributed by atoms with Crippen molar-refractivity contribution in [2.45, 2.75) is 138 Å². The zero-order chi connectivity index (χ0) is 35.4. The second-order valence-electron chi connectivity index (χ2n) is 12.6. The van der Waals surface area contributed by atoms with Crippen LogP contribution in [0.2, 0.25) is 0 Å². The Labute approximate surface area is 278 Å². The van der Waals surface area contributed by atoms with Crippen molar-refractivity contribution in [2.24, 2.45) is 11.8 Å². The quantitative estimate of drug-likeness (QED) is 0.214. The summed E-state index contributed by atoms with van der Waals surface area (Å²) in [4.78, 5) is 54.2. The fourth-order valence-electron chi connectivity index (χ4n) is 5.88. The molecule has 264 valence electrons. The van der Waals surface area contributed by atoms with E-state index in [0.717, 1.165) is 24.2 Å². The van der Waals surface area contributed by atoms with Gasteiger partial charge in [0.15, 0.2) is 11.9 Å². The third-order valence-corrected chi connectivity index (χ3v) is 8.60. The molecular formula is C31H48N4O11S. The maximum Gasteiger partial charge on any atom is 0.311 e. The van der Waals surface area contributed by atoms with Gasteiger partial charge in [0.2, 0.25) is 23.8 Å². The lowest BCUT2D eigenvalue weighted by Gasteiger charge is -2.32. The van der Waals surface area contributed by atoms with Gasteiger partial charge in [0, 0.05) is 60.3 Å². The number of thiazole rings is 1. The van der Waals surface area contributed by atoms with E-state index in [1.54, 1.807) is 27.7 Å². The molecule has 0 aromatic carbocycles. The van der Waals surface area contributed by atoms with E-state index in [0.29, 0.717) is 10.3 Å². The SMILES string of the molecule is CC[C@H]1O[C@@H](OC(C)=O)[C@H](OC(C)(C)OC(C)=O)[C@@H]1C.CC[C@H]1O[C@@H](n2c(=O)sc3cnc(N)nc32)[C@H](OC(C)(C)OC(C)=O)[C@@H]1C. The van der Waals surface area contributed by atoms with Crippen molar-refractivity contribution >= 4 is 45.5 Å². The molecule has 0 unspecified atom stereocenters. The number of aromatic nitrogens is 3. The number of nitrogens with zero attached hydrogens (tertiary/aromatic N) is 3. The number of nitrogen functional groups attached to an aromatic ring is 1. The van der Waals surface area contributed by atoms with E-state index >= 15 is 0 Å². The molecule has 2 saturated heterocycles. The average Bonchev–Trinajstić information content (AvgIpc) is 3.52. The zero-order valence-electron chi connectivity index (χ0n) is 28.9. The minimum atomic E-state index is -1.17. The first-order chi connectivity index (χ1) is 21.8. The van der Waals surface area contributed by atoms with Crippen LogP contribution in [0.5, 0.6) is 0 Å². The van der Waals surface area contributed by atoms with Gasteiger partial charge in [-0.15, -0.1) is 0 Å². The van der Waals surface area contributed by atoms with Crippen molar-refractivity contribution in [3.63, 3.8) is 0 Å². The largest absolute Gasteiger partial charge is 0.434 e. The zero-order valence-corrected chi connectivity index (χ0v) is 29.7. The minimum absolute atomic E-state index is 0.0270. The van der Waals surface area contributed by atoms with E-state index in [-0.39, 0.29) is 34.9 Å². The summed E-state index contributed by atoms with van der Waals surface area (Å²) in [6.07, 6.45) is 0.402. The molecule has 2 fully saturated rings. The van der Waals surface area contributed by atoms with Crippen molar-refractivity contribution in [2.75, 3.05) is 5.73 Å². The molecule has 0 aliphatic carbocycles. The van der Waals surface area contributed by atoms with Crippen LogP contribution in [0.3, 0.4) is 0 Å². The van der Waals surface area contributed by atoms with Gasteiger partial charge in [0.1, 0.15) is 12.2 Å². The molecule has 2 N–H and O–H groups in total. The van der Waals surface area contributed by atoms with Gasteiger partial charge >= 0.3 is 22.8 Å². The standard InChI is InChI=1S/C17H24N4O5S.C14H24O6/c1-6-10-8(2)12(26-17(4,5)25-9(3)22)14(24-10)21-13-11(27-16(21)23)7-19-15(18)20-13;1-7-11-8(2)12(13(18-11)17-9(3)15)20-14(5,6)19-10(4)16/h7-8,10,12,14H,6H2,1-5H3,(H2,18,19,20);8,11-13H,7H2,1-6H3/t8-,10-,12-,14-;8-,11-,12-,13-/m11/s1. The number of ether oxygens (including phenoxy) is 7. The van der Waals surface area contributed by atoms with Crippen LogP contribution in [-0.2, 0) is 47.5 Å². The Morgan fingerprint density at radius 1 is 0.894 bits per heavy atom. The maximum absolute atomic E-state index is 12.7. The lowest BCUT2D eigenvalue weighted by atomic mass is 9.98. The molecule has 0 bridgehead atoms. The monoisotopic (exact) mass is 684 g/mol. The lowest BCUT2D eigenvalue weighted by molar-refractivity contribution is -0.262. The summed E-state index contributed by atoms with van der Waals surface area (Å²) in [5, 5.41) is 0. The molecule has 4 heterocycles. The Morgan fingerprint density at radius 3 is 1.91 bits per heavy atom. The molecule has 0 spiro atoms. The van der Waals surface area contributed by atoms with Gasteiger partial charge in [0.05, 0.1) is 23.1 Å². The topological polar surface area (TPSA) is 190 Å². The van der Waals surface area contributed by atoms with Crippen LogP contribution in [0.4, 0.5) is 5.95 Å². The molecule has 2 aromatic heterocycles. The molecule has 2 aliphatic heterocycles. The molecule has 47 heavy (non-hydrogen) atoms. The third-order valence-electron chi connectivity index (χ3n) is 7.72. The fraction of sp³-hybridized carbons (Fsp3) is 0.742. The highest BCUT2D eigenvalue weighted by Crippen LogP contribution is 2.40. The van der Waals surface area contributed by atoms with E-state index in [1.165, 1.54) is 31.5 Å². The number of carbonyl (C=O) groups is 3. The summed E-state index contributed by atoms with van der Waals surface area (Å²) in [5.74, 6) is -3.52. The van der Waals surface area contributed by atoms with E-state index in [2.05, 4.69) is 9.97 Å². The maximum atomic E-state index is 12.7. The number of nitrogens with two attached hydrogens (primary N) is 1. The van der Waals surface area contributed by atoms with Crippen molar-refractivity contribution in [1.82, 2.24) is 14.5 Å². The molecule has 2 aromatic rings. The van der Waals surface area contributed by atoms with Crippen molar-refractivity contribution in [3.8, 4) is 0 Å². The smallest absolute Gasteiger partial charge is 0.311 e. The molecule has 4 rings (SSSR count). The second-order valence-corrected chi connectivity index (χ2v) is 13.6. The molecule has 16 heteroatoms. The van der Waals surface area contributed by atoms with Crippen LogP contribution in [0.25, 0.3) is 10.3 Å². The first-order valence-corrected chi connectivity index (χ1v) is 16.5. The fourth-order valence-corrected chi connectivity index (χ4v) is 6.70. The number of carbonyl (C=O) groups excluding carboxylic acids is 3. The second kappa shape index (κ2) is 15.4. The lowest BCUT2D eigenvalue weighted by Crippen LogP contribution is -2.42. The summed E-state index contributed by atoms with van der Waals surface area (Å²) in [6.45, 7) is 18.5. The van der Waals surface area contributed by atoms with Crippen LogP contribution in [0, 0.1) is 11.8 Å². The van der Waals surface area contributed by atoms with Crippen LogP contribution < -0.4 is 10.6 Å². The molecular weight excluding hydrogens is 636 g/mol. The highest BCUT2D eigenvalue weighted by atomic mass is 32.1. The number of hydrogen-bond acceptors (Lipinski definition) is 15. The van der Waals surface area contributed by atoms with Crippen molar-refractivity contribution < 1.29 is 47.5 Å². The summed E-state index contributed by atoms with van der Waals surface area (Å²) < 4.78 is 41.4.